The molecule has 100 valence electrons. The van der Waals surface area contributed by atoms with E-state index in [1.807, 2.05) is 26.2 Å². The number of aryl methyl sites for hydroxylation is 1. The number of nitrogens with one attached hydrogen (secondary N) is 1. The number of anilines is 1. The number of aromatic nitrogens is 3. The number of rotatable bonds is 4. The van der Waals surface area contributed by atoms with Crippen LogP contribution in [0.1, 0.15) is 34.8 Å². The lowest BCUT2D eigenvalue weighted by atomic mass is 10.1. The molecule has 7 heteroatoms. The van der Waals surface area contributed by atoms with Gasteiger partial charge in [0.05, 0.1) is 17.3 Å². The Bertz CT molecular complexity index is 594. The molecule has 2 rings (SSSR count). The van der Waals surface area contributed by atoms with Crippen molar-refractivity contribution in [3.8, 4) is 0 Å². The molecule has 2 heterocycles. The topological polar surface area (TPSA) is 76.7 Å². The van der Waals surface area contributed by atoms with Gasteiger partial charge in [-0.3, -0.25) is 0 Å². The van der Waals surface area contributed by atoms with Crippen LogP contribution < -0.4 is 11.1 Å². The van der Waals surface area contributed by atoms with Gasteiger partial charge in [0.1, 0.15) is 10.00 Å². The summed E-state index contributed by atoms with van der Waals surface area (Å²) in [5.74, 6) is 0.610. The van der Waals surface area contributed by atoms with Crippen LogP contribution in [-0.2, 0) is 0 Å². The van der Waals surface area contributed by atoms with Gasteiger partial charge in [0.15, 0.2) is 5.82 Å². The second-order valence-electron chi connectivity index (χ2n) is 4.23. The van der Waals surface area contributed by atoms with E-state index in [1.54, 1.807) is 17.5 Å². The van der Waals surface area contributed by atoms with Gasteiger partial charge in [-0.2, -0.15) is 5.10 Å². The van der Waals surface area contributed by atoms with E-state index in [4.69, 9.17) is 18.0 Å². The molecule has 2 aromatic rings. The first-order chi connectivity index (χ1) is 9.00. The predicted molar refractivity (Wildman–Crippen MR) is 81.5 cm³/mol. The van der Waals surface area contributed by atoms with Gasteiger partial charge in [-0.1, -0.05) is 12.2 Å². The van der Waals surface area contributed by atoms with Crippen LogP contribution in [0.4, 0.5) is 5.82 Å². The molecule has 0 saturated heterocycles. The highest BCUT2D eigenvalue weighted by atomic mass is 32.1. The normalized spacial score (nSPS) is 12.2. The zero-order chi connectivity index (χ0) is 14.0. The zero-order valence-corrected chi connectivity index (χ0v) is 12.6. The van der Waals surface area contributed by atoms with E-state index in [1.165, 1.54) is 0 Å². The van der Waals surface area contributed by atoms with Gasteiger partial charge in [0.2, 0.25) is 0 Å². The summed E-state index contributed by atoms with van der Waals surface area (Å²) in [5, 5.41) is 14.5. The average Bonchev–Trinajstić information content (AvgIpc) is 2.87. The van der Waals surface area contributed by atoms with Crippen molar-refractivity contribution in [1.82, 2.24) is 15.2 Å². The first kappa shape index (κ1) is 13.8. The highest BCUT2D eigenvalue weighted by Crippen LogP contribution is 2.24. The van der Waals surface area contributed by atoms with Crippen molar-refractivity contribution in [3.63, 3.8) is 0 Å². The van der Waals surface area contributed by atoms with E-state index in [0.29, 0.717) is 10.8 Å². The first-order valence-corrected chi connectivity index (χ1v) is 7.09. The van der Waals surface area contributed by atoms with Gasteiger partial charge in [-0.15, -0.1) is 16.4 Å². The van der Waals surface area contributed by atoms with E-state index in [-0.39, 0.29) is 6.04 Å². The summed E-state index contributed by atoms with van der Waals surface area (Å²) in [6, 6.07) is 0.0320. The molecule has 0 aliphatic heterocycles. The van der Waals surface area contributed by atoms with Crippen molar-refractivity contribution in [2.24, 2.45) is 5.73 Å². The molecule has 0 bridgehead atoms. The lowest BCUT2D eigenvalue weighted by molar-refractivity contribution is 0.840. The highest BCUT2D eigenvalue weighted by molar-refractivity contribution is 7.80. The number of hydrogen-bond donors (Lipinski definition) is 2. The maximum absolute atomic E-state index is 5.79. The van der Waals surface area contributed by atoms with Crippen molar-refractivity contribution in [1.29, 1.82) is 0 Å². The fraction of sp³-hybridized carbons (Fsp3) is 0.333. The van der Waals surface area contributed by atoms with Gasteiger partial charge in [-0.25, -0.2) is 4.98 Å². The van der Waals surface area contributed by atoms with Crippen LogP contribution in [0, 0.1) is 13.8 Å². The number of nitrogens with two attached hydrogens (primary N) is 1. The van der Waals surface area contributed by atoms with Gasteiger partial charge >= 0.3 is 0 Å². The highest BCUT2D eigenvalue weighted by Gasteiger charge is 2.16. The SMILES string of the molecule is Cc1nnc(NC(C)c2nccs2)c(C(N)=S)c1C. The lowest BCUT2D eigenvalue weighted by Gasteiger charge is -2.16. The minimum absolute atomic E-state index is 0.0320. The largest absolute Gasteiger partial charge is 0.389 e. The van der Waals surface area contributed by atoms with Crippen LogP contribution in [0.5, 0.6) is 0 Å². The summed E-state index contributed by atoms with van der Waals surface area (Å²) in [6.45, 7) is 5.84. The molecular weight excluding hydrogens is 278 g/mol. The Morgan fingerprint density at radius 3 is 2.74 bits per heavy atom. The minimum atomic E-state index is 0.0320. The number of thiazole rings is 1. The first-order valence-electron chi connectivity index (χ1n) is 5.80. The Labute approximate surface area is 121 Å². The summed E-state index contributed by atoms with van der Waals surface area (Å²) in [4.78, 5) is 4.59. The Morgan fingerprint density at radius 1 is 1.42 bits per heavy atom. The molecule has 0 radical (unpaired) electrons. The summed E-state index contributed by atoms with van der Waals surface area (Å²) in [7, 11) is 0. The van der Waals surface area contributed by atoms with Crippen molar-refractivity contribution in [2.45, 2.75) is 26.8 Å². The van der Waals surface area contributed by atoms with Gasteiger partial charge in [-0.05, 0) is 26.3 Å². The van der Waals surface area contributed by atoms with Crippen molar-refractivity contribution in [3.05, 3.63) is 33.4 Å². The van der Waals surface area contributed by atoms with Gasteiger partial charge in [0, 0.05) is 11.6 Å². The third kappa shape index (κ3) is 2.87. The third-order valence-corrected chi connectivity index (χ3v) is 4.04. The monoisotopic (exact) mass is 293 g/mol. The van der Waals surface area contributed by atoms with Gasteiger partial charge in [0.25, 0.3) is 0 Å². The number of nitrogens with zero attached hydrogens (tertiary/aromatic N) is 3. The maximum Gasteiger partial charge on any atom is 0.159 e. The Kier molecular flexibility index (Phi) is 4.06. The lowest BCUT2D eigenvalue weighted by Crippen LogP contribution is -2.19. The molecule has 5 nitrogen and oxygen atoms in total. The molecule has 0 aliphatic carbocycles. The van der Waals surface area contributed by atoms with E-state index in [2.05, 4.69) is 20.5 Å². The van der Waals surface area contributed by atoms with Crippen molar-refractivity contribution < 1.29 is 0 Å². The standard InChI is InChI=1S/C12H15N5S2/c1-6-7(2)16-17-11(9(6)10(13)18)15-8(3)12-14-4-5-19-12/h4-5,8H,1-3H3,(H2,13,18)(H,15,17). The molecule has 0 spiro atoms. The fourth-order valence-electron chi connectivity index (χ4n) is 1.73. The van der Waals surface area contributed by atoms with Crippen LogP contribution in [-0.4, -0.2) is 20.2 Å². The van der Waals surface area contributed by atoms with Gasteiger partial charge < -0.3 is 11.1 Å². The summed E-state index contributed by atoms with van der Waals surface area (Å²) >= 11 is 6.69. The van der Waals surface area contributed by atoms with Crippen molar-refractivity contribution in [2.75, 3.05) is 5.32 Å². The Balaban J connectivity index is 2.35. The molecule has 2 aromatic heterocycles. The number of thiocarbonyl (C=S) groups is 1. The van der Waals surface area contributed by atoms with Crippen LogP contribution in [0.3, 0.4) is 0 Å². The minimum Gasteiger partial charge on any atom is -0.389 e. The molecule has 0 aliphatic rings. The summed E-state index contributed by atoms with van der Waals surface area (Å²) < 4.78 is 0. The van der Waals surface area contributed by atoms with Crippen LogP contribution >= 0.6 is 23.6 Å². The zero-order valence-electron chi connectivity index (χ0n) is 11.0. The van der Waals surface area contributed by atoms with Crippen LogP contribution in [0.25, 0.3) is 0 Å². The van der Waals surface area contributed by atoms with E-state index in [0.717, 1.165) is 21.8 Å². The van der Waals surface area contributed by atoms with Crippen LogP contribution in [0.2, 0.25) is 0 Å². The average molecular weight is 293 g/mol. The molecule has 0 saturated carbocycles. The van der Waals surface area contributed by atoms with E-state index >= 15 is 0 Å². The summed E-state index contributed by atoms with van der Waals surface area (Å²) in [5.41, 5.74) is 8.33. The molecule has 1 unspecified atom stereocenters. The summed E-state index contributed by atoms with van der Waals surface area (Å²) in [6.07, 6.45) is 1.78. The molecule has 3 N–H and O–H groups in total. The number of hydrogen-bond acceptors (Lipinski definition) is 6. The fourth-order valence-corrected chi connectivity index (χ4v) is 2.62. The van der Waals surface area contributed by atoms with Crippen molar-refractivity contribution >= 4 is 34.4 Å². The molecule has 1 atom stereocenters. The smallest absolute Gasteiger partial charge is 0.159 e. The third-order valence-electron chi connectivity index (χ3n) is 2.88. The molecule has 0 aromatic carbocycles. The Hall–Kier alpha value is -1.60. The Morgan fingerprint density at radius 2 is 2.16 bits per heavy atom. The quantitative estimate of drug-likeness (QED) is 0.843. The molecule has 0 amide bonds. The maximum atomic E-state index is 5.79. The van der Waals surface area contributed by atoms with Crippen LogP contribution in [0.15, 0.2) is 11.6 Å². The van der Waals surface area contributed by atoms with E-state index < -0.39 is 0 Å². The second kappa shape index (κ2) is 5.58. The molecule has 19 heavy (non-hydrogen) atoms. The van der Waals surface area contributed by atoms with E-state index in [9.17, 15) is 0 Å². The second-order valence-corrected chi connectivity index (χ2v) is 5.60. The molecule has 0 fully saturated rings. The predicted octanol–water partition coefficient (Wildman–Crippen LogP) is 2.36. The molecular formula is C12H15N5S2.